The molecule has 1 rings (SSSR count). The molecule has 0 bridgehead atoms. The summed E-state index contributed by atoms with van der Waals surface area (Å²) in [6.07, 6.45) is 0.0643. The van der Waals surface area contributed by atoms with Gasteiger partial charge in [-0.2, -0.15) is 0 Å². The molecule has 0 saturated carbocycles. The summed E-state index contributed by atoms with van der Waals surface area (Å²) in [4.78, 5) is 14.0. The fourth-order valence-corrected chi connectivity index (χ4v) is 1.70. The third-order valence-electron chi connectivity index (χ3n) is 2.82. The van der Waals surface area contributed by atoms with E-state index < -0.39 is 0 Å². The summed E-state index contributed by atoms with van der Waals surface area (Å²) < 4.78 is 5.38. The van der Waals surface area contributed by atoms with Crippen LogP contribution in [0.2, 0.25) is 0 Å². The maximum atomic E-state index is 12.1. The zero-order valence-corrected chi connectivity index (χ0v) is 12.2. The molecule has 0 aliphatic rings. The highest BCUT2D eigenvalue weighted by Crippen LogP contribution is 2.11. The number of nitrogens with zero attached hydrogens (tertiary/aromatic N) is 1. The molecule has 19 heavy (non-hydrogen) atoms. The fourth-order valence-electron chi connectivity index (χ4n) is 1.70. The van der Waals surface area contributed by atoms with Crippen LogP contribution in [0.4, 0.5) is 5.69 Å². The highest BCUT2D eigenvalue weighted by Gasteiger charge is 2.17. The number of carbonyl (C=O) groups excluding carboxylic acids is 1. The standard InChI is InChI=1S/C15H24N2O2/c1-11(2)17(15(18)10-19-12(3)4)9-13-5-7-14(16)8-6-13/h5-8,11-12H,9-10,16H2,1-4H3. The molecule has 106 valence electrons. The summed E-state index contributed by atoms with van der Waals surface area (Å²) in [6, 6.07) is 7.73. The first-order valence-electron chi connectivity index (χ1n) is 6.65. The number of rotatable bonds is 6. The molecule has 1 aromatic carbocycles. The molecule has 0 heterocycles. The van der Waals surface area contributed by atoms with E-state index in [1.165, 1.54) is 0 Å². The number of hydrogen-bond donors (Lipinski definition) is 1. The van der Waals surface area contributed by atoms with Crippen molar-refractivity contribution in [3.63, 3.8) is 0 Å². The third kappa shape index (κ3) is 5.30. The molecule has 0 fully saturated rings. The molecule has 0 aliphatic heterocycles. The van der Waals surface area contributed by atoms with Gasteiger partial charge in [-0.05, 0) is 45.4 Å². The van der Waals surface area contributed by atoms with Crippen LogP contribution >= 0.6 is 0 Å². The van der Waals surface area contributed by atoms with Crippen molar-refractivity contribution < 1.29 is 9.53 Å². The van der Waals surface area contributed by atoms with Crippen molar-refractivity contribution in [2.45, 2.75) is 46.4 Å². The molecule has 4 nitrogen and oxygen atoms in total. The minimum Gasteiger partial charge on any atom is -0.399 e. The predicted molar refractivity (Wildman–Crippen MR) is 77.6 cm³/mol. The molecule has 0 saturated heterocycles. The Morgan fingerprint density at radius 2 is 1.79 bits per heavy atom. The largest absolute Gasteiger partial charge is 0.399 e. The van der Waals surface area contributed by atoms with Crippen molar-refractivity contribution in [1.82, 2.24) is 4.90 Å². The van der Waals surface area contributed by atoms with E-state index >= 15 is 0 Å². The Labute approximate surface area is 115 Å². The van der Waals surface area contributed by atoms with Crippen molar-refractivity contribution in [2.24, 2.45) is 0 Å². The second-order valence-corrected chi connectivity index (χ2v) is 5.22. The zero-order valence-electron chi connectivity index (χ0n) is 12.2. The van der Waals surface area contributed by atoms with Gasteiger partial charge in [-0.3, -0.25) is 4.79 Å². The molecule has 0 atom stereocenters. The number of nitrogens with two attached hydrogens (primary N) is 1. The van der Waals surface area contributed by atoms with Crippen LogP contribution in [-0.2, 0) is 16.1 Å². The lowest BCUT2D eigenvalue weighted by molar-refractivity contribution is -0.140. The van der Waals surface area contributed by atoms with Gasteiger partial charge in [0.05, 0.1) is 6.10 Å². The van der Waals surface area contributed by atoms with E-state index in [0.717, 1.165) is 11.3 Å². The van der Waals surface area contributed by atoms with E-state index in [1.807, 2.05) is 56.9 Å². The van der Waals surface area contributed by atoms with Crippen LogP contribution < -0.4 is 5.73 Å². The maximum Gasteiger partial charge on any atom is 0.249 e. The lowest BCUT2D eigenvalue weighted by Crippen LogP contribution is -2.39. The number of ether oxygens (including phenoxy) is 1. The first-order chi connectivity index (χ1) is 8.90. The van der Waals surface area contributed by atoms with Gasteiger partial charge in [0.1, 0.15) is 6.61 Å². The Hall–Kier alpha value is -1.55. The maximum absolute atomic E-state index is 12.1. The fraction of sp³-hybridized carbons (Fsp3) is 0.533. The van der Waals surface area contributed by atoms with E-state index in [9.17, 15) is 4.79 Å². The lowest BCUT2D eigenvalue weighted by Gasteiger charge is -2.27. The molecular weight excluding hydrogens is 240 g/mol. The van der Waals surface area contributed by atoms with E-state index in [1.54, 1.807) is 0 Å². The second kappa shape index (κ2) is 7.14. The van der Waals surface area contributed by atoms with Crippen LogP contribution in [0.25, 0.3) is 0 Å². The third-order valence-corrected chi connectivity index (χ3v) is 2.82. The van der Waals surface area contributed by atoms with Crippen LogP contribution in [0.15, 0.2) is 24.3 Å². The Bertz CT molecular complexity index is 399. The molecule has 1 aromatic rings. The Morgan fingerprint density at radius 3 is 2.26 bits per heavy atom. The number of hydrogen-bond acceptors (Lipinski definition) is 3. The van der Waals surface area contributed by atoms with E-state index in [4.69, 9.17) is 10.5 Å². The number of benzene rings is 1. The smallest absolute Gasteiger partial charge is 0.249 e. The molecule has 4 heteroatoms. The number of anilines is 1. The lowest BCUT2D eigenvalue weighted by atomic mass is 10.1. The number of nitrogen functional groups attached to an aromatic ring is 1. The molecule has 0 aromatic heterocycles. The Morgan fingerprint density at radius 1 is 1.21 bits per heavy atom. The van der Waals surface area contributed by atoms with Crippen LogP contribution in [-0.4, -0.2) is 29.6 Å². The van der Waals surface area contributed by atoms with Gasteiger partial charge >= 0.3 is 0 Å². The minimum atomic E-state index is 0.0144. The Balaban J connectivity index is 2.67. The normalized spacial score (nSPS) is 11.1. The van der Waals surface area contributed by atoms with Gasteiger partial charge in [-0.25, -0.2) is 0 Å². The van der Waals surface area contributed by atoms with Crippen molar-refractivity contribution in [2.75, 3.05) is 12.3 Å². The molecule has 1 amide bonds. The van der Waals surface area contributed by atoms with E-state index in [2.05, 4.69) is 0 Å². The topological polar surface area (TPSA) is 55.6 Å². The summed E-state index contributed by atoms with van der Waals surface area (Å²) in [7, 11) is 0. The van der Waals surface area contributed by atoms with Gasteiger partial charge in [-0.1, -0.05) is 12.1 Å². The first-order valence-corrected chi connectivity index (χ1v) is 6.65. The molecule has 0 radical (unpaired) electrons. The van der Waals surface area contributed by atoms with Crippen LogP contribution in [0.5, 0.6) is 0 Å². The predicted octanol–water partition coefficient (Wildman–Crippen LogP) is 2.43. The van der Waals surface area contributed by atoms with Gasteiger partial charge in [0.25, 0.3) is 0 Å². The molecule has 0 unspecified atom stereocenters. The van der Waals surface area contributed by atoms with Gasteiger partial charge in [0.15, 0.2) is 0 Å². The van der Waals surface area contributed by atoms with Gasteiger partial charge in [0.2, 0.25) is 5.91 Å². The van der Waals surface area contributed by atoms with Crippen molar-refractivity contribution in [3.8, 4) is 0 Å². The average Bonchev–Trinajstić information content (AvgIpc) is 2.34. The molecule has 0 spiro atoms. The summed E-state index contributed by atoms with van der Waals surface area (Å²) in [6.45, 7) is 8.57. The van der Waals surface area contributed by atoms with Crippen molar-refractivity contribution in [3.05, 3.63) is 29.8 Å². The quantitative estimate of drug-likeness (QED) is 0.803. The summed E-state index contributed by atoms with van der Waals surface area (Å²) in [5.74, 6) is 0.0144. The average molecular weight is 264 g/mol. The van der Waals surface area contributed by atoms with Gasteiger partial charge in [-0.15, -0.1) is 0 Å². The highest BCUT2D eigenvalue weighted by molar-refractivity contribution is 5.77. The van der Waals surface area contributed by atoms with Crippen molar-refractivity contribution >= 4 is 11.6 Å². The van der Waals surface area contributed by atoms with E-state index in [-0.39, 0.29) is 24.7 Å². The first kappa shape index (κ1) is 15.5. The Kier molecular flexibility index (Phi) is 5.83. The van der Waals surface area contributed by atoms with Gasteiger partial charge < -0.3 is 15.4 Å². The summed E-state index contributed by atoms with van der Waals surface area (Å²) in [5.41, 5.74) is 7.46. The van der Waals surface area contributed by atoms with Crippen LogP contribution in [0.1, 0.15) is 33.3 Å². The number of amides is 1. The molecule has 0 aliphatic carbocycles. The number of carbonyl (C=O) groups is 1. The van der Waals surface area contributed by atoms with Crippen LogP contribution in [0, 0.1) is 0 Å². The highest BCUT2D eigenvalue weighted by atomic mass is 16.5. The van der Waals surface area contributed by atoms with E-state index in [0.29, 0.717) is 6.54 Å². The van der Waals surface area contributed by atoms with Crippen LogP contribution in [0.3, 0.4) is 0 Å². The summed E-state index contributed by atoms with van der Waals surface area (Å²) in [5, 5.41) is 0. The SMILES string of the molecule is CC(C)OCC(=O)N(Cc1ccc(N)cc1)C(C)C. The minimum absolute atomic E-state index is 0.0144. The zero-order chi connectivity index (χ0) is 14.4. The molecular formula is C15H24N2O2. The second-order valence-electron chi connectivity index (χ2n) is 5.22. The van der Waals surface area contributed by atoms with Crippen molar-refractivity contribution in [1.29, 1.82) is 0 Å². The summed E-state index contributed by atoms with van der Waals surface area (Å²) >= 11 is 0. The monoisotopic (exact) mass is 264 g/mol. The van der Waals surface area contributed by atoms with Gasteiger partial charge in [0, 0.05) is 18.3 Å². The molecule has 2 N–H and O–H groups in total.